The van der Waals surface area contributed by atoms with Crippen molar-refractivity contribution in [3.8, 4) is 0 Å². The Balaban J connectivity index is 1.85. The molecule has 0 aliphatic carbocycles. The second-order valence-corrected chi connectivity index (χ2v) is 9.02. The molecule has 0 saturated heterocycles. The molecule has 0 unspecified atom stereocenters. The van der Waals surface area contributed by atoms with Gasteiger partial charge in [0, 0.05) is 25.7 Å². The van der Waals surface area contributed by atoms with Crippen molar-refractivity contribution in [3.63, 3.8) is 0 Å². The number of thiophene rings is 1. The van der Waals surface area contributed by atoms with E-state index >= 15 is 0 Å². The Morgan fingerprint density at radius 3 is 2.41 bits per heavy atom. The summed E-state index contributed by atoms with van der Waals surface area (Å²) in [6.45, 7) is -0.550. The van der Waals surface area contributed by atoms with Gasteiger partial charge in [-0.3, -0.25) is 9.59 Å². The van der Waals surface area contributed by atoms with Crippen LogP contribution in [0.25, 0.3) is 0 Å². The minimum atomic E-state index is -3.86. The summed E-state index contributed by atoms with van der Waals surface area (Å²) in [5.74, 6) is -1.19. The maximum atomic E-state index is 12.4. The maximum Gasteiger partial charge on any atom is 0.321 e. The molecule has 0 N–H and O–H groups in total. The highest BCUT2D eigenvalue weighted by Gasteiger charge is 2.24. The van der Waals surface area contributed by atoms with Crippen LogP contribution >= 0.6 is 22.9 Å². The highest BCUT2D eigenvalue weighted by atomic mass is 35.5. The van der Waals surface area contributed by atoms with E-state index in [-0.39, 0.29) is 10.8 Å². The Hall–Kier alpha value is -1.94. The summed E-state index contributed by atoms with van der Waals surface area (Å²) in [5.41, 5.74) is 0.982. The molecule has 27 heavy (non-hydrogen) atoms. The van der Waals surface area contributed by atoms with E-state index in [1.807, 2.05) is 16.8 Å². The molecule has 2 rings (SSSR count). The van der Waals surface area contributed by atoms with Crippen LogP contribution in [-0.2, 0) is 30.9 Å². The molecule has 1 heterocycles. The van der Waals surface area contributed by atoms with E-state index in [0.717, 1.165) is 9.87 Å². The van der Waals surface area contributed by atoms with Gasteiger partial charge in [0.15, 0.2) is 6.61 Å². The van der Waals surface area contributed by atoms with Crippen LogP contribution in [0.2, 0.25) is 5.02 Å². The number of hydrogen-bond acceptors (Lipinski definition) is 6. The first-order valence-corrected chi connectivity index (χ1v) is 10.6. The van der Waals surface area contributed by atoms with Gasteiger partial charge in [-0.2, -0.15) is 15.6 Å². The number of amides is 1. The number of ether oxygens (including phenoxy) is 1. The molecule has 10 heteroatoms. The van der Waals surface area contributed by atoms with Gasteiger partial charge in [0.1, 0.15) is 6.54 Å². The molecule has 146 valence electrons. The molecule has 0 spiro atoms. The molecule has 0 aliphatic heterocycles. The maximum absolute atomic E-state index is 12.4. The zero-order chi connectivity index (χ0) is 20.0. The lowest BCUT2D eigenvalue weighted by Crippen LogP contribution is -2.35. The highest BCUT2D eigenvalue weighted by Crippen LogP contribution is 2.17. The fraction of sp³-hybridized carbons (Fsp3) is 0.294. The molecule has 0 fully saturated rings. The monoisotopic (exact) mass is 430 g/mol. The van der Waals surface area contributed by atoms with Crippen molar-refractivity contribution in [1.82, 2.24) is 9.21 Å². The minimum Gasteiger partial charge on any atom is -0.455 e. The number of carbonyl (C=O) groups is 2. The summed E-state index contributed by atoms with van der Waals surface area (Å²) < 4.78 is 30.6. The van der Waals surface area contributed by atoms with Crippen molar-refractivity contribution in [1.29, 1.82) is 0 Å². The van der Waals surface area contributed by atoms with E-state index in [0.29, 0.717) is 11.6 Å². The molecule has 1 amide bonds. The molecular formula is C17H19ClN2O5S2. The molecule has 0 aliphatic rings. The van der Waals surface area contributed by atoms with Gasteiger partial charge >= 0.3 is 5.97 Å². The first-order chi connectivity index (χ1) is 12.7. The minimum absolute atomic E-state index is 0.00812. The third-order valence-electron chi connectivity index (χ3n) is 3.66. The van der Waals surface area contributed by atoms with Gasteiger partial charge in [-0.15, -0.1) is 0 Å². The first-order valence-electron chi connectivity index (χ1n) is 7.82. The normalized spacial score (nSPS) is 11.4. The quantitative estimate of drug-likeness (QED) is 0.599. The van der Waals surface area contributed by atoms with E-state index in [4.69, 9.17) is 16.3 Å². The first kappa shape index (κ1) is 21.4. The summed E-state index contributed by atoms with van der Waals surface area (Å²) in [6, 6.07) is 7.49. The van der Waals surface area contributed by atoms with Crippen molar-refractivity contribution in [2.24, 2.45) is 0 Å². The fourth-order valence-electron chi connectivity index (χ4n) is 2.10. The molecule has 0 saturated carbocycles. The van der Waals surface area contributed by atoms with Crippen molar-refractivity contribution < 1.29 is 22.7 Å². The molecule has 2 aromatic rings. The van der Waals surface area contributed by atoms with Crippen molar-refractivity contribution in [2.45, 2.75) is 11.4 Å². The summed E-state index contributed by atoms with van der Waals surface area (Å²) in [6.07, 6.45) is 0. The Bertz CT molecular complexity index is 883. The van der Waals surface area contributed by atoms with Gasteiger partial charge in [0.25, 0.3) is 5.91 Å². The number of nitrogens with zero attached hydrogens (tertiary/aromatic N) is 2. The Morgan fingerprint density at radius 1 is 1.15 bits per heavy atom. The smallest absolute Gasteiger partial charge is 0.321 e. The Kier molecular flexibility index (Phi) is 7.37. The van der Waals surface area contributed by atoms with Gasteiger partial charge in [0.2, 0.25) is 10.0 Å². The number of likely N-dealkylation sites (N-methyl/N-ethyl adjacent to an activating group) is 2. The zero-order valence-corrected chi connectivity index (χ0v) is 17.2. The average molecular weight is 431 g/mol. The van der Waals surface area contributed by atoms with Gasteiger partial charge < -0.3 is 9.64 Å². The number of sulfonamides is 1. The molecule has 1 aromatic heterocycles. The Labute approximate surface area is 167 Å². The van der Waals surface area contributed by atoms with Gasteiger partial charge in [-0.1, -0.05) is 11.6 Å². The van der Waals surface area contributed by atoms with Crippen LogP contribution < -0.4 is 0 Å². The van der Waals surface area contributed by atoms with E-state index in [1.54, 1.807) is 7.05 Å². The van der Waals surface area contributed by atoms with Crippen LogP contribution in [0.15, 0.2) is 46.0 Å². The van der Waals surface area contributed by atoms with Crippen LogP contribution in [0.1, 0.15) is 5.56 Å². The SMILES string of the molecule is CN(Cc1ccsc1)C(=O)COC(=O)CN(C)S(=O)(=O)c1ccc(Cl)cc1. The summed E-state index contributed by atoms with van der Waals surface area (Å²) in [4.78, 5) is 25.4. The highest BCUT2D eigenvalue weighted by molar-refractivity contribution is 7.89. The topological polar surface area (TPSA) is 84.0 Å². The summed E-state index contributed by atoms with van der Waals surface area (Å²) in [7, 11) is -0.999. The lowest BCUT2D eigenvalue weighted by molar-refractivity contribution is -0.151. The van der Waals surface area contributed by atoms with Crippen LogP contribution in [-0.4, -0.2) is 56.7 Å². The summed E-state index contributed by atoms with van der Waals surface area (Å²) >= 11 is 7.28. The average Bonchev–Trinajstić information content (AvgIpc) is 3.12. The fourth-order valence-corrected chi connectivity index (χ4v) is 4.00. The Morgan fingerprint density at radius 2 is 1.81 bits per heavy atom. The molecule has 7 nitrogen and oxygen atoms in total. The standard InChI is InChI=1S/C17H19ClN2O5S2/c1-19(9-13-7-8-26-12-13)16(21)11-25-17(22)10-20(2)27(23,24)15-5-3-14(18)4-6-15/h3-8,12H,9-11H2,1-2H3. The second kappa shape index (κ2) is 9.32. The third kappa shape index (κ3) is 6.03. The number of benzene rings is 1. The molecule has 0 radical (unpaired) electrons. The lowest BCUT2D eigenvalue weighted by atomic mass is 10.3. The van der Waals surface area contributed by atoms with E-state index in [1.165, 1.54) is 47.5 Å². The van der Waals surface area contributed by atoms with E-state index in [9.17, 15) is 18.0 Å². The van der Waals surface area contributed by atoms with Gasteiger partial charge in [0.05, 0.1) is 4.90 Å². The predicted molar refractivity (Wildman–Crippen MR) is 103 cm³/mol. The van der Waals surface area contributed by atoms with Crippen LogP contribution in [0.3, 0.4) is 0 Å². The van der Waals surface area contributed by atoms with Gasteiger partial charge in [-0.05, 0) is 46.7 Å². The van der Waals surface area contributed by atoms with E-state index < -0.39 is 29.1 Å². The lowest BCUT2D eigenvalue weighted by Gasteiger charge is -2.18. The predicted octanol–water partition coefficient (Wildman–Crippen LogP) is 2.22. The largest absolute Gasteiger partial charge is 0.455 e. The van der Waals surface area contributed by atoms with Crippen molar-refractivity contribution in [3.05, 3.63) is 51.7 Å². The van der Waals surface area contributed by atoms with Crippen LogP contribution in [0, 0.1) is 0 Å². The number of carbonyl (C=O) groups excluding carboxylic acids is 2. The zero-order valence-electron chi connectivity index (χ0n) is 14.8. The second-order valence-electron chi connectivity index (χ2n) is 5.76. The van der Waals surface area contributed by atoms with Crippen LogP contribution in [0.4, 0.5) is 0 Å². The third-order valence-corrected chi connectivity index (χ3v) is 6.46. The van der Waals surface area contributed by atoms with E-state index in [2.05, 4.69) is 0 Å². The number of rotatable bonds is 8. The summed E-state index contributed by atoms with van der Waals surface area (Å²) in [5, 5.41) is 4.23. The number of hydrogen-bond donors (Lipinski definition) is 0. The van der Waals surface area contributed by atoms with Crippen LogP contribution in [0.5, 0.6) is 0 Å². The molecule has 0 bridgehead atoms. The van der Waals surface area contributed by atoms with Crippen molar-refractivity contribution >= 4 is 44.8 Å². The van der Waals surface area contributed by atoms with Gasteiger partial charge in [-0.25, -0.2) is 8.42 Å². The number of halogens is 1. The number of esters is 1. The molecule has 1 aromatic carbocycles. The van der Waals surface area contributed by atoms with Crippen molar-refractivity contribution in [2.75, 3.05) is 27.2 Å². The molecule has 0 atom stereocenters. The molecular weight excluding hydrogens is 412 g/mol.